The number of nitrogens with one attached hydrogen (secondary N) is 2. The molecule has 1 unspecified atom stereocenters. The average molecular weight is 316 g/mol. The smallest absolute Gasteiger partial charge is 0.224 e. The predicted molar refractivity (Wildman–Crippen MR) is 91.4 cm³/mol. The molecule has 1 aromatic rings. The van der Waals surface area contributed by atoms with Gasteiger partial charge in [-0.05, 0) is 68.6 Å². The molecule has 0 amide bonds. The summed E-state index contributed by atoms with van der Waals surface area (Å²) < 4.78 is 0. The van der Waals surface area contributed by atoms with Gasteiger partial charge >= 0.3 is 0 Å². The number of rotatable bonds is 5. The minimum atomic E-state index is -0.274. The van der Waals surface area contributed by atoms with Gasteiger partial charge in [-0.2, -0.15) is 4.98 Å². The van der Waals surface area contributed by atoms with Crippen molar-refractivity contribution in [3.8, 4) is 0 Å². The lowest BCUT2D eigenvalue weighted by molar-refractivity contribution is -0.115. The molecule has 5 heteroatoms. The molecule has 4 saturated carbocycles. The maximum atomic E-state index is 11.0. The third-order valence-corrected chi connectivity index (χ3v) is 6.35. The Bertz CT molecular complexity index is 553. The van der Waals surface area contributed by atoms with Crippen LogP contribution >= 0.6 is 0 Å². The minimum Gasteiger partial charge on any atom is -0.391 e. The number of hydrogen-bond acceptors (Lipinski definition) is 5. The van der Waals surface area contributed by atoms with Crippen molar-refractivity contribution in [1.82, 2.24) is 9.97 Å². The molecule has 0 saturated heterocycles. The topological polar surface area (TPSA) is 70.1 Å². The molecule has 4 bridgehead atoms. The lowest BCUT2D eigenvalue weighted by Gasteiger charge is -2.58. The fourth-order valence-corrected chi connectivity index (χ4v) is 5.77. The third kappa shape index (κ3) is 2.80. The van der Waals surface area contributed by atoms with Gasteiger partial charge in [0.2, 0.25) is 5.95 Å². The van der Waals surface area contributed by atoms with E-state index in [4.69, 9.17) is 0 Å². The van der Waals surface area contributed by atoms with Crippen molar-refractivity contribution >= 4 is 11.8 Å². The van der Waals surface area contributed by atoms with E-state index in [2.05, 4.69) is 20.6 Å². The molecule has 0 radical (unpaired) electrons. The van der Waals surface area contributed by atoms with Crippen LogP contribution in [0.5, 0.6) is 0 Å². The summed E-state index contributed by atoms with van der Waals surface area (Å²) in [6, 6.07) is 1.94. The van der Waals surface area contributed by atoms with E-state index in [1.807, 2.05) is 20.0 Å². The fourth-order valence-electron chi connectivity index (χ4n) is 5.77. The number of aromatic nitrogens is 2. The Kier molecular flexibility index (Phi) is 3.71. The lowest BCUT2D eigenvalue weighted by Crippen LogP contribution is -2.53. The van der Waals surface area contributed by atoms with Crippen molar-refractivity contribution in [2.24, 2.45) is 23.2 Å². The molecule has 1 atom stereocenters. The van der Waals surface area contributed by atoms with Crippen LogP contribution in [0, 0.1) is 30.1 Å². The highest BCUT2D eigenvalue weighted by Gasteiger charge is 2.53. The Morgan fingerprint density at radius 1 is 1.17 bits per heavy atom. The largest absolute Gasteiger partial charge is 0.391 e. The molecule has 126 valence electrons. The Morgan fingerprint density at radius 3 is 2.35 bits per heavy atom. The van der Waals surface area contributed by atoms with Crippen LogP contribution < -0.4 is 10.6 Å². The maximum Gasteiger partial charge on any atom is 0.224 e. The average Bonchev–Trinajstić information content (AvgIpc) is 2.50. The van der Waals surface area contributed by atoms with Crippen molar-refractivity contribution in [1.29, 1.82) is 0 Å². The van der Waals surface area contributed by atoms with Crippen LogP contribution in [0.1, 0.15) is 44.2 Å². The molecule has 4 fully saturated rings. The number of aliphatic hydroxyl groups excluding tert-OH is 1. The number of nitrogens with zero attached hydrogens (tertiary/aromatic N) is 2. The van der Waals surface area contributed by atoms with Gasteiger partial charge in [-0.25, -0.2) is 4.98 Å². The van der Waals surface area contributed by atoms with Gasteiger partial charge < -0.3 is 15.7 Å². The van der Waals surface area contributed by atoms with Gasteiger partial charge in [-0.15, -0.1) is 0 Å². The molecule has 23 heavy (non-hydrogen) atoms. The first kappa shape index (κ1) is 15.2. The summed E-state index contributed by atoms with van der Waals surface area (Å²) in [5.74, 6) is 4.02. The van der Waals surface area contributed by atoms with Crippen LogP contribution in [-0.2, 0) is 0 Å². The monoisotopic (exact) mass is 316 g/mol. The standard InChI is InChI=1S/C18H28N4O/c1-11-3-16(22-17(19-2)21-11)20-10-15(23)18-7-12-4-13(8-18)6-14(5-12)9-18/h3,12-15,23H,4-10H2,1-2H3,(H2,19,20,21,22). The molecular formula is C18H28N4O. The van der Waals surface area contributed by atoms with Crippen LogP contribution in [0.3, 0.4) is 0 Å². The fraction of sp³-hybridized carbons (Fsp3) is 0.778. The van der Waals surface area contributed by atoms with Gasteiger partial charge in [0, 0.05) is 25.4 Å². The van der Waals surface area contributed by atoms with Crippen molar-refractivity contribution in [3.05, 3.63) is 11.8 Å². The van der Waals surface area contributed by atoms with Gasteiger partial charge in [0.25, 0.3) is 0 Å². The second kappa shape index (κ2) is 5.62. The first-order chi connectivity index (χ1) is 11.1. The number of aliphatic hydroxyl groups is 1. The second-order valence-corrected chi connectivity index (χ2v) is 8.14. The van der Waals surface area contributed by atoms with Crippen LogP contribution in [-0.4, -0.2) is 34.8 Å². The Balaban J connectivity index is 1.44. The summed E-state index contributed by atoms with van der Waals surface area (Å²) in [6.45, 7) is 2.55. The molecule has 0 spiro atoms. The van der Waals surface area contributed by atoms with E-state index in [0.717, 1.165) is 29.3 Å². The number of aryl methyl sites for hydroxylation is 1. The van der Waals surface area contributed by atoms with Gasteiger partial charge in [0.1, 0.15) is 5.82 Å². The SMILES string of the molecule is CNc1nc(C)cc(NCC(O)C23CC4CC(CC(C4)C2)C3)n1. The Labute approximate surface area is 138 Å². The van der Waals surface area contributed by atoms with E-state index in [1.165, 1.54) is 38.5 Å². The zero-order valence-electron chi connectivity index (χ0n) is 14.2. The first-order valence-electron chi connectivity index (χ1n) is 9.02. The summed E-state index contributed by atoms with van der Waals surface area (Å²) in [7, 11) is 1.82. The zero-order chi connectivity index (χ0) is 16.0. The molecule has 0 aromatic carbocycles. The van der Waals surface area contributed by atoms with Crippen molar-refractivity contribution in [2.45, 2.75) is 51.6 Å². The molecule has 4 aliphatic rings. The van der Waals surface area contributed by atoms with Crippen LogP contribution in [0.15, 0.2) is 6.07 Å². The summed E-state index contributed by atoms with van der Waals surface area (Å²) in [4.78, 5) is 8.74. The highest BCUT2D eigenvalue weighted by molar-refractivity contribution is 5.42. The number of anilines is 2. The van der Waals surface area contributed by atoms with E-state index in [9.17, 15) is 5.11 Å². The van der Waals surface area contributed by atoms with E-state index in [-0.39, 0.29) is 11.5 Å². The summed E-state index contributed by atoms with van der Waals surface area (Å²) >= 11 is 0. The van der Waals surface area contributed by atoms with Gasteiger partial charge in [0.05, 0.1) is 6.10 Å². The molecular weight excluding hydrogens is 288 g/mol. The molecule has 0 aliphatic heterocycles. The molecule has 5 rings (SSSR count). The van der Waals surface area contributed by atoms with Crippen molar-refractivity contribution in [3.63, 3.8) is 0 Å². The quantitative estimate of drug-likeness (QED) is 0.779. The Hall–Kier alpha value is -1.36. The van der Waals surface area contributed by atoms with E-state index in [1.54, 1.807) is 0 Å². The molecule has 5 nitrogen and oxygen atoms in total. The van der Waals surface area contributed by atoms with Gasteiger partial charge in [-0.3, -0.25) is 0 Å². The Morgan fingerprint density at radius 2 is 1.78 bits per heavy atom. The van der Waals surface area contributed by atoms with E-state index in [0.29, 0.717) is 12.5 Å². The van der Waals surface area contributed by atoms with Crippen LogP contribution in [0.2, 0.25) is 0 Å². The van der Waals surface area contributed by atoms with E-state index >= 15 is 0 Å². The molecule has 1 aromatic heterocycles. The van der Waals surface area contributed by atoms with Gasteiger partial charge in [-0.1, -0.05) is 0 Å². The highest BCUT2D eigenvalue weighted by Crippen LogP contribution is 2.61. The number of hydrogen-bond donors (Lipinski definition) is 3. The second-order valence-electron chi connectivity index (χ2n) is 8.14. The zero-order valence-corrected chi connectivity index (χ0v) is 14.2. The molecule has 4 aliphatic carbocycles. The van der Waals surface area contributed by atoms with Crippen LogP contribution in [0.4, 0.5) is 11.8 Å². The summed E-state index contributed by atoms with van der Waals surface area (Å²) in [5.41, 5.74) is 1.09. The molecule has 1 heterocycles. The summed E-state index contributed by atoms with van der Waals surface area (Å²) in [5, 5.41) is 17.3. The lowest BCUT2D eigenvalue weighted by atomic mass is 9.48. The highest BCUT2D eigenvalue weighted by atomic mass is 16.3. The molecule has 3 N–H and O–H groups in total. The maximum absolute atomic E-state index is 11.0. The van der Waals surface area contributed by atoms with Crippen molar-refractivity contribution in [2.75, 3.05) is 24.2 Å². The first-order valence-corrected chi connectivity index (χ1v) is 9.02. The normalized spacial score (nSPS) is 36.0. The summed E-state index contributed by atoms with van der Waals surface area (Å²) in [6.07, 6.45) is 7.65. The van der Waals surface area contributed by atoms with Crippen LogP contribution in [0.25, 0.3) is 0 Å². The predicted octanol–water partition coefficient (Wildman–Crippen LogP) is 2.82. The minimum absolute atomic E-state index is 0.162. The van der Waals surface area contributed by atoms with Crippen molar-refractivity contribution < 1.29 is 5.11 Å². The van der Waals surface area contributed by atoms with Gasteiger partial charge in [0.15, 0.2) is 0 Å². The van der Waals surface area contributed by atoms with E-state index < -0.39 is 0 Å². The third-order valence-electron chi connectivity index (χ3n) is 6.35.